The third-order valence-corrected chi connectivity index (χ3v) is 3.03. The van der Waals surface area contributed by atoms with Crippen LogP contribution in [0, 0.1) is 0 Å². The van der Waals surface area contributed by atoms with E-state index in [0.717, 1.165) is 36.1 Å². The maximum atomic E-state index is 11.6. The van der Waals surface area contributed by atoms with Crippen LogP contribution in [0.15, 0.2) is 18.2 Å². The Hall–Kier alpha value is -1.51. The van der Waals surface area contributed by atoms with Crippen molar-refractivity contribution in [1.82, 2.24) is 0 Å². The number of rotatable bonds is 1. The van der Waals surface area contributed by atoms with Gasteiger partial charge in [-0.15, -0.1) is 0 Å². The molecule has 1 aliphatic carbocycles. The molecule has 0 aromatic heterocycles. The first kappa shape index (κ1) is 10.0. The largest absolute Gasteiger partial charge is 0.469 e. The zero-order valence-electron chi connectivity index (χ0n) is 8.82. The van der Waals surface area contributed by atoms with Crippen LogP contribution >= 0.6 is 0 Å². The summed E-state index contributed by atoms with van der Waals surface area (Å²) in [5.41, 5.74) is 8.86. The van der Waals surface area contributed by atoms with Crippen molar-refractivity contribution in [3.05, 3.63) is 29.3 Å². The third kappa shape index (κ3) is 1.69. The van der Waals surface area contributed by atoms with E-state index < -0.39 is 0 Å². The highest BCUT2D eigenvalue weighted by Gasteiger charge is 2.27. The second-order valence-electron chi connectivity index (χ2n) is 3.88. The Morgan fingerprint density at radius 2 is 2.33 bits per heavy atom. The third-order valence-electron chi connectivity index (χ3n) is 3.03. The van der Waals surface area contributed by atoms with E-state index in [2.05, 4.69) is 0 Å². The molecule has 1 aromatic rings. The van der Waals surface area contributed by atoms with E-state index in [0.29, 0.717) is 0 Å². The number of esters is 1. The molecule has 1 aliphatic rings. The Balaban J connectivity index is 2.42. The van der Waals surface area contributed by atoms with Gasteiger partial charge in [-0.25, -0.2) is 0 Å². The molecule has 0 saturated carbocycles. The number of nitrogen functional groups attached to an aromatic ring is 1. The van der Waals surface area contributed by atoms with E-state index in [1.54, 1.807) is 0 Å². The van der Waals surface area contributed by atoms with E-state index in [1.165, 1.54) is 7.11 Å². The van der Waals surface area contributed by atoms with Crippen molar-refractivity contribution in [1.29, 1.82) is 0 Å². The molecular formula is C12H15NO2. The molecule has 3 heteroatoms. The molecule has 3 nitrogen and oxygen atoms in total. The molecule has 0 fully saturated rings. The van der Waals surface area contributed by atoms with Gasteiger partial charge in [0.1, 0.15) is 0 Å². The summed E-state index contributed by atoms with van der Waals surface area (Å²) < 4.78 is 4.81. The van der Waals surface area contributed by atoms with Crippen LogP contribution in [0.3, 0.4) is 0 Å². The van der Waals surface area contributed by atoms with Crippen LogP contribution in [0.5, 0.6) is 0 Å². The normalized spacial score (nSPS) is 19.4. The molecule has 0 amide bonds. The van der Waals surface area contributed by atoms with Crippen molar-refractivity contribution in [3.63, 3.8) is 0 Å². The molecule has 0 radical (unpaired) electrons. The minimum absolute atomic E-state index is 0.123. The van der Waals surface area contributed by atoms with Gasteiger partial charge in [-0.05, 0) is 36.5 Å². The SMILES string of the molecule is COC(=O)C1CCCc2c(N)cccc21. The Bertz CT molecular complexity index is 387. The van der Waals surface area contributed by atoms with Crippen molar-refractivity contribution in [2.75, 3.05) is 12.8 Å². The molecule has 1 atom stereocenters. The van der Waals surface area contributed by atoms with Gasteiger partial charge in [-0.2, -0.15) is 0 Å². The van der Waals surface area contributed by atoms with Crippen LogP contribution < -0.4 is 5.73 Å². The predicted molar refractivity (Wildman–Crippen MR) is 58.5 cm³/mol. The minimum Gasteiger partial charge on any atom is -0.469 e. The summed E-state index contributed by atoms with van der Waals surface area (Å²) in [6, 6.07) is 5.76. The van der Waals surface area contributed by atoms with E-state index in [-0.39, 0.29) is 11.9 Å². The lowest BCUT2D eigenvalue weighted by Gasteiger charge is -2.24. The van der Waals surface area contributed by atoms with Crippen LogP contribution in [0.25, 0.3) is 0 Å². The minimum atomic E-state index is -0.151. The van der Waals surface area contributed by atoms with Gasteiger partial charge in [-0.3, -0.25) is 4.79 Å². The van der Waals surface area contributed by atoms with Crippen LogP contribution in [0.2, 0.25) is 0 Å². The number of benzene rings is 1. The predicted octanol–water partition coefficient (Wildman–Crippen LogP) is 1.86. The van der Waals surface area contributed by atoms with Crippen LogP contribution in [0.4, 0.5) is 5.69 Å². The summed E-state index contributed by atoms with van der Waals surface area (Å²) in [7, 11) is 1.43. The second-order valence-corrected chi connectivity index (χ2v) is 3.88. The van der Waals surface area contributed by atoms with Gasteiger partial charge >= 0.3 is 5.97 Å². The first-order chi connectivity index (χ1) is 7.24. The van der Waals surface area contributed by atoms with Crippen LogP contribution in [0.1, 0.15) is 29.9 Å². The Labute approximate surface area is 89.2 Å². The molecule has 15 heavy (non-hydrogen) atoms. The number of hydrogen-bond acceptors (Lipinski definition) is 3. The maximum Gasteiger partial charge on any atom is 0.313 e. The van der Waals surface area contributed by atoms with Crippen LogP contribution in [-0.4, -0.2) is 13.1 Å². The van der Waals surface area contributed by atoms with E-state index in [9.17, 15) is 4.79 Å². The first-order valence-electron chi connectivity index (χ1n) is 5.19. The fraction of sp³-hybridized carbons (Fsp3) is 0.417. The molecule has 2 rings (SSSR count). The van der Waals surface area contributed by atoms with E-state index in [4.69, 9.17) is 10.5 Å². The molecule has 0 aliphatic heterocycles. The lowest BCUT2D eigenvalue weighted by Crippen LogP contribution is -2.20. The van der Waals surface area contributed by atoms with Gasteiger partial charge in [0.05, 0.1) is 13.0 Å². The number of nitrogens with two attached hydrogens (primary N) is 1. The average molecular weight is 205 g/mol. The van der Waals surface area contributed by atoms with Crippen molar-refractivity contribution in [2.24, 2.45) is 0 Å². The average Bonchev–Trinajstić information content (AvgIpc) is 2.28. The second kappa shape index (κ2) is 3.93. The Morgan fingerprint density at radius 3 is 3.07 bits per heavy atom. The van der Waals surface area contributed by atoms with Gasteiger partial charge < -0.3 is 10.5 Å². The van der Waals surface area contributed by atoms with Gasteiger partial charge in [0.25, 0.3) is 0 Å². The fourth-order valence-electron chi connectivity index (χ4n) is 2.26. The highest BCUT2D eigenvalue weighted by atomic mass is 16.5. The fourth-order valence-corrected chi connectivity index (χ4v) is 2.26. The number of methoxy groups -OCH3 is 1. The summed E-state index contributed by atoms with van der Waals surface area (Å²) >= 11 is 0. The molecular weight excluding hydrogens is 190 g/mol. The summed E-state index contributed by atoms with van der Waals surface area (Å²) in [6.45, 7) is 0. The number of hydrogen-bond donors (Lipinski definition) is 1. The van der Waals surface area contributed by atoms with Gasteiger partial charge in [0.2, 0.25) is 0 Å². The number of carbonyl (C=O) groups is 1. The number of fused-ring (bicyclic) bond motifs is 1. The summed E-state index contributed by atoms with van der Waals surface area (Å²) in [4.78, 5) is 11.6. The molecule has 2 N–H and O–H groups in total. The van der Waals surface area contributed by atoms with Crippen molar-refractivity contribution in [3.8, 4) is 0 Å². The molecule has 0 saturated heterocycles. The summed E-state index contributed by atoms with van der Waals surface area (Å²) in [6.07, 6.45) is 2.83. The van der Waals surface area contributed by atoms with Gasteiger partial charge in [0.15, 0.2) is 0 Å². The summed E-state index contributed by atoms with van der Waals surface area (Å²) in [5, 5.41) is 0. The highest BCUT2D eigenvalue weighted by molar-refractivity contribution is 5.79. The van der Waals surface area contributed by atoms with Gasteiger partial charge in [-0.1, -0.05) is 12.1 Å². The molecule has 1 unspecified atom stereocenters. The van der Waals surface area contributed by atoms with Crippen molar-refractivity contribution >= 4 is 11.7 Å². The lowest BCUT2D eigenvalue weighted by molar-refractivity contribution is -0.142. The van der Waals surface area contributed by atoms with Crippen molar-refractivity contribution < 1.29 is 9.53 Å². The Kier molecular flexibility index (Phi) is 2.62. The van der Waals surface area contributed by atoms with Crippen molar-refractivity contribution in [2.45, 2.75) is 25.2 Å². The van der Waals surface area contributed by atoms with Crippen LogP contribution in [-0.2, 0) is 16.0 Å². The standard InChI is InChI=1S/C12H15NO2/c1-15-12(14)10-6-2-5-9-8(10)4-3-7-11(9)13/h3-4,7,10H,2,5-6,13H2,1H3. The first-order valence-corrected chi connectivity index (χ1v) is 5.19. The molecule has 0 spiro atoms. The highest BCUT2D eigenvalue weighted by Crippen LogP contribution is 2.35. The Morgan fingerprint density at radius 1 is 1.53 bits per heavy atom. The summed E-state index contributed by atoms with van der Waals surface area (Å²) in [5.74, 6) is -0.274. The number of ether oxygens (including phenoxy) is 1. The smallest absolute Gasteiger partial charge is 0.313 e. The topological polar surface area (TPSA) is 52.3 Å². The van der Waals surface area contributed by atoms with E-state index >= 15 is 0 Å². The number of carbonyl (C=O) groups excluding carboxylic acids is 1. The zero-order valence-corrected chi connectivity index (χ0v) is 8.82. The van der Waals surface area contributed by atoms with E-state index in [1.807, 2.05) is 18.2 Å². The number of anilines is 1. The lowest BCUT2D eigenvalue weighted by atomic mass is 9.82. The molecule has 80 valence electrons. The molecule has 1 aromatic carbocycles. The zero-order chi connectivity index (χ0) is 10.8. The quantitative estimate of drug-likeness (QED) is 0.562. The van der Waals surface area contributed by atoms with Gasteiger partial charge in [0, 0.05) is 5.69 Å². The monoisotopic (exact) mass is 205 g/mol. The molecule has 0 bridgehead atoms. The maximum absolute atomic E-state index is 11.6. The molecule has 0 heterocycles.